The van der Waals surface area contributed by atoms with Crippen molar-refractivity contribution in [2.75, 3.05) is 33.8 Å². The molecule has 8 nitrogen and oxygen atoms in total. The Morgan fingerprint density at radius 3 is 2.58 bits per heavy atom. The van der Waals surface area contributed by atoms with Gasteiger partial charge in [-0.1, -0.05) is 42.5 Å². The topological polar surface area (TPSA) is 76.4 Å². The van der Waals surface area contributed by atoms with Crippen LogP contribution in [0.25, 0.3) is 11.4 Å². The molecule has 2 saturated heterocycles. The maximum Gasteiger partial charge on any atom is 0.246 e. The van der Waals surface area contributed by atoms with Crippen molar-refractivity contribution in [3.8, 4) is 17.1 Å². The molecule has 1 aromatic heterocycles. The number of fused-ring (bicyclic) bond motifs is 1. The first-order chi connectivity index (χ1) is 15.1. The highest BCUT2D eigenvalue weighted by molar-refractivity contribution is 5.76. The van der Waals surface area contributed by atoms with Crippen LogP contribution in [0.15, 0.2) is 54.6 Å². The third-order valence-corrected chi connectivity index (χ3v) is 6.47. The van der Waals surface area contributed by atoms with Gasteiger partial charge in [-0.15, -0.1) is 10.2 Å². The number of hydrogen-bond acceptors (Lipinski definition) is 6. The highest BCUT2D eigenvalue weighted by atomic mass is 16.5. The monoisotopic (exact) mass is 418 g/mol. The molecule has 2 fully saturated rings. The number of methoxy groups -OCH3 is 1. The molecule has 3 aromatic rings. The zero-order valence-electron chi connectivity index (χ0n) is 17.8. The van der Waals surface area contributed by atoms with Crippen LogP contribution in [0, 0.1) is 11.8 Å². The standard InChI is InChI=1S/C23H26N6O2/c1-27-12-18-13-28(14-20(18)22(27)16-8-10-19(31-2)11-9-16)21(30)15-29-25-23(24-26-29)17-6-4-3-5-7-17/h3-11,18,20,22H,12-15H2,1-2H3/t18-,20+,22-/m0/s1. The smallest absolute Gasteiger partial charge is 0.246 e. The van der Waals surface area contributed by atoms with Crippen LogP contribution in [0.3, 0.4) is 0 Å². The first kappa shape index (κ1) is 19.7. The molecule has 1 amide bonds. The highest BCUT2D eigenvalue weighted by Gasteiger charge is 2.47. The summed E-state index contributed by atoms with van der Waals surface area (Å²) in [6.45, 7) is 2.64. The number of likely N-dealkylation sites (tertiary alicyclic amines) is 2. The van der Waals surface area contributed by atoms with E-state index in [1.165, 1.54) is 10.4 Å². The SMILES string of the molecule is COc1ccc([C@H]2[C@@H]3CN(C(=O)Cn4nnc(-c5ccccc5)n4)C[C@@H]3CN2C)cc1. The van der Waals surface area contributed by atoms with E-state index in [1.807, 2.05) is 47.4 Å². The lowest BCUT2D eigenvalue weighted by atomic mass is 9.89. The van der Waals surface area contributed by atoms with Crippen LogP contribution in [0.5, 0.6) is 5.75 Å². The Morgan fingerprint density at radius 1 is 1.06 bits per heavy atom. The summed E-state index contributed by atoms with van der Waals surface area (Å²) >= 11 is 0. The Kier molecular flexibility index (Phi) is 5.15. The van der Waals surface area contributed by atoms with Gasteiger partial charge in [0, 0.05) is 37.2 Å². The van der Waals surface area contributed by atoms with Gasteiger partial charge in [-0.25, -0.2) is 0 Å². The minimum Gasteiger partial charge on any atom is -0.497 e. The van der Waals surface area contributed by atoms with Gasteiger partial charge in [0.05, 0.1) is 7.11 Å². The molecule has 0 N–H and O–H groups in total. The summed E-state index contributed by atoms with van der Waals surface area (Å²) in [6, 6.07) is 18.3. The van der Waals surface area contributed by atoms with Gasteiger partial charge in [0.1, 0.15) is 12.3 Å². The second-order valence-electron chi connectivity index (χ2n) is 8.39. The molecular weight excluding hydrogens is 392 g/mol. The lowest BCUT2D eigenvalue weighted by Gasteiger charge is -2.27. The summed E-state index contributed by atoms with van der Waals surface area (Å²) in [5, 5.41) is 12.6. The number of aromatic nitrogens is 4. The fourth-order valence-electron chi connectivity index (χ4n) is 5.00. The second kappa shape index (κ2) is 8.11. The van der Waals surface area contributed by atoms with Crippen molar-refractivity contribution in [3.63, 3.8) is 0 Å². The van der Waals surface area contributed by atoms with Crippen LogP contribution < -0.4 is 4.74 Å². The molecule has 2 aliphatic heterocycles. The lowest BCUT2D eigenvalue weighted by molar-refractivity contribution is -0.131. The van der Waals surface area contributed by atoms with Gasteiger partial charge >= 0.3 is 0 Å². The zero-order valence-corrected chi connectivity index (χ0v) is 17.8. The summed E-state index contributed by atoms with van der Waals surface area (Å²) in [4.78, 5) is 18.7. The molecule has 2 aromatic carbocycles. The summed E-state index contributed by atoms with van der Waals surface area (Å²) in [5.41, 5.74) is 2.16. The van der Waals surface area contributed by atoms with E-state index in [-0.39, 0.29) is 12.5 Å². The van der Waals surface area contributed by atoms with E-state index in [1.54, 1.807) is 7.11 Å². The molecule has 0 unspecified atom stereocenters. The fraction of sp³-hybridized carbons (Fsp3) is 0.391. The van der Waals surface area contributed by atoms with Gasteiger partial charge in [-0.3, -0.25) is 9.69 Å². The minimum atomic E-state index is 0.0440. The molecule has 31 heavy (non-hydrogen) atoms. The van der Waals surface area contributed by atoms with Gasteiger partial charge in [0.15, 0.2) is 0 Å². The number of benzene rings is 2. The van der Waals surface area contributed by atoms with Crippen LogP contribution in [0.4, 0.5) is 0 Å². The summed E-state index contributed by atoms with van der Waals surface area (Å²) in [6.07, 6.45) is 0. The van der Waals surface area contributed by atoms with Crippen molar-refractivity contribution in [1.29, 1.82) is 0 Å². The van der Waals surface area contributed by atoms with E-state index in [9.17, 15) is 4.79 Å². The quantitative estimate of drug-likeness (QED) is 0.632. The molecule has 8 heteroatoms. The van der Waals surface area contributed by atoms with Crippen molar-refractivity contribution in [2.45, 2.75) is 12.6 Å². The van der Waals surface area contributed by atoms with E-state index in [0.717, 1.165) is 30.9 Å². The van der Waals surface area contributed by atoms with Crippen molar-refractivity contribution < 1.29 is 9.53 Å². The van der Waals surface area contributed by atoms with Gasteiger partial charge in [0.2, 0.25) is 11.7 Å². The number of rotatable bonds is 5. The van der Waals surface area contributed by atoms with Gasteiger partial charge < -0.3 is 9.64 Å². The molecule has 2 aliphatic rings. The molecule has 3 atom stereocenters. The molecule has 3 heterocycles. The van der Waals surface area contributed by atoms with Gasteiger partial charge in [-0.05, 0) is 35.9 Å². The number of tetrazole rings is 1. The first-order valence-corrected chi connectivity index (χ1v) is 10.6. The number of ether oxygens (including phenoxy) is 1. The van der Waals surface area contributed by atoms with E-state index in [4.69, 9.17) is 4.74 Å². The number of carbonyl (C=O) groups excluding carboxylic acids is 1. The van der Waals surface area contributed by atoms with Crippen LogP contribution in [-0.2, 0) is 11.3 Å². The Balaban J connectivity index is 1.26. The van der Waals surface area contributed by atoms with Crippen molar-refractivity contribution in [3.05, 3.63) is 60.2 Å². The Morgan fingerprint density at radius 2 is 1.84 bits per heavy atom. The number of hydrogen-bond donors (Lipinski definition) is 0. The second-order valence-corrected chi connectivity index (χ2v) is 8.39. The molecule has 0 saturated carbocycles. The Hall–Kier alpha value is -3.26. The van der Waals surface area contributed by atoms with Crippen LogP contribution >= 0.6 is 0 Å². The maximum atomic E-state index is 13.0. The van der Waals surface area contributed by atoms with E-state index >= 15 is 0 Å². The molecule has 0 spiro atoms. The predicted molar refractivity (Wildman–Crippen MR) is 115 cm³/mol. The number of amides is 1. The molecular formula is C23H26N6O2. The summed E-state index contributed by atoms with van der Waals surface area (Å²) < 4.78 is 5.29. The third kappa shape index (κ3) is 3.79. The third-order valence-electron chi connectivity index (χ3n) is 6.47. The normalized spacial score (nSPS) is 23.2. The average Bonchev–Trinajstić information content (AvgIpc) is 3.49. The summed E-state index contributed by atoms with van der Waals surface area (Å²) in [5.74, 6) is 2.34. The van der Waals surface area contributed by atoms with E-state index in [0.29, 0.717) is 23.7 Å². The van der Waals surface area contributed by atoms with E-state index < -0.39 is 0 Å². The predicted octanol–water partition coefficient (Wildman–Crippen LogP) is 2.11. The largest absolute Gasteiger partial charge is 0.497 e. The Bertz CT molecular complexity index is 1050. The van der Waals surface area contributed by atoms with Gasteiger partial charge in [-0.2, -0.15) is 4.80 Å². The van der Waals surface area contributed by atoms with Crippen LogP contribution in [0.1, 0.15) is 11.6 Å². The van der Waals surface area contributed by atoms with E-state index in [2.05, 4.69) is 39.5 Å². The lowest BCUT2D eigenvalue weighted by Crippen LogP contribution is -2.35. The average molecular weight is 419 g/mol. The molecule has 160 valence electrons. The Labute approximate surface area is 181 Å². The van der Waals surface area contributed by atoms with Crippen molar-refractivity contribution in [1.82, 2.24) is 30.0 Å². The summed E-state index contributed by atoms with van der Waals surface area (Å²) in [7, 11) is 3.85. The number of carbonyl (C=O) groups is 1. The van der Waals surface area contributed by atoms with Crippen LogP contribution in [-0.4, -0.2) is 69.7 Å². The van der Waals surface area contributed by atoms with Crippen LogP contribution in [0.2, 0.25) is 0 Å². The minimum absolute atomic E-state index is 0.0440. The maximum absolute atomic E-state index is 13.0. The van der Waals surface area contributed by atoms with Crippen molar-refractivity contribution >= 4 is 5.91 Å². The fourth-order valence-corrected chi connectivity index (χ4v) is 5.00. The highest BCUT2D eigenvalue weighted by Crippen LogP contribution is 2.44. The zero-order chi connectivity index (χ0) is 21.4. The number of nitrogens with zero attached hydrogens (tertiary/aromatic N) is 6. The van der Waals surface area contributed by atoms with Crippen molar-refractivity contribution in [2.24, 2.45) is 11.8 Å². The van der Waals surface area contributed by atoms with Gasteiger partial charge in [0.25, 0.3) is 0 Å². The molecule has 0 radical (unpaired) electrons. The molecule has 0 bridgehead atoms. The molecule has 0 aliphatic carbocycles. The molecule has 5 rings (SSSR count). The first-order valence-electron chi connectivity index (χ1n) is 10.6.